The SMILES string of the molecule is COC(=O)[C@H](CC(C)C)NN(C(=O)[C@H](Cc1ccc(OCc2ccccc2)cc1)NC(=O)OCc1ccccc1)[C@@H](C)N=O. The minimum Gasteiger partial charge on any atom is -0.489 e. The molecule has 0 fully saturated rings. The Morgan fingerprint density at radius 1 is 0.795 bits per heavy atom. The standard InChI is InChI=1S/C33H40N4O7/c1-23(2)19-30(32(39)42-4)35-37(24(3)36-41)31(38)29(34-33(40)44-22-27-13-9-6-10-14-27)20-25-15-17-28(18-16-25)43-21-26-11-7-5-8-12-26/h5-18,23-24,29-30,35H,19-22H2,1-4H3,(H,34,40)/t24-,29-,30-/m0/s1. The van der Waals surface area contributed by atoms with Gasteiger partial charge >= 0.3 is 12.1 Å². The van der Waals surface area contributed by atoms with Crippen molar-refractivity contribution in [1.29, 1.82) is 0 Å². The summed E-state index contributed by atoms with van der Waals surface area (Å²) in [6.45, 7) is 5.61. The summed E-state index contributed by atoms with van der Waals surface area (Å²) in [5, 5.41) is 6.61. The first-order chi connectivity index (χ1) is 21.2. The number of carbonyl (C=O) groups excluding carboxylic acids is 3. The zero-order valence-electron chi connectivity index (χ0n) is 25.5. The van der Waals surface area contributed by atoms with Crippen LogP contribution < -0.4 is 15.5 Å². The van der Waals surface area contributed by atoms with Crippen LogP contribution in [0.15, 0.2) is 90.1 Å². The van der Waals surface area contributed by atoms with Crippen LogP contribution in [0.25, 0.3) is 0 Å². The fourth-order valence-corrected chi connectivity index (χ4v) is 4.36. The molecule has 3 atom stereocenters. The molecule has 0 aromatic heterocycles. The average Bonchev–Trinajstić information content (AvgIpc) is 3.04. The van der Waals surface area contributed by atoms with Crippen molar-refractivity contribution in [2.24, 2.45) is 11.1 Å². The smallest absolute Gasteiger partial charge is 0.408 e. The number of carbonyl (C=O) groups is 3. The van der Waals surface area contributed by atoms with E-state index in [1.165, 1.54) is 14.0 Å². The van der Waals surface area contributed by atoms with E-state index in [1.807, 2.05) is 74.5 Å². The summed E-state index contributed by atoms with van der Waals surface area (Å²) in [6.07, 6.45) is -1.66. The predicted octanol–water partition coefficient (Wildman–Crippen LogP) is 5.14. The summed E-state index contributed by atoms with van der Waals surface area (Å²) < 4.78 is 16.2. The Morgan fingerprint density at radius 2 is 1.39 bits per heavy atom. The molecule has 0 spiro atoms. The molecule has 0 saturated heterocycles. The molecular formula is C33H40N4O7. The topological polar surface area (TPSA) is 136 Å². The Hall–Kier alpha value is -4.77. The number of nitrogens with zero attached hydrogens (tertiary/aromatic N) is 2. The van der Waals surface area contributed by atoms with Gasteiger partial charge in [-0.1, -0.05) is 86.6 Å². The third-order valence-corrected chi connectivity index (χ3v) is 6.67. The Labute approximate surface area is 257 Å². The number of nitroso groups, excluding NO2 is 1. The summed E-state index contributed by atoms with van der Waals surface area (Å²) >= 11 is 0. The van der Waals surface area contributed by atoms with Crippen LogP contribution in [0.2, 0.25) is 0 Å². The molecular weight excluding hydrogens is 564 g/mol. The van der Waals surface area contributed by atoms with E-state index in [9.17, 15) is 19.3 Å². The van der Waals surface area contributed by atoms with E-state index in [0.29, 0.717) is 24.3 Å². The van der Waals surface area contributed by atoms with Crippen LogP contribution in [-0.4, -0.2) is 48.3 Å². The Balaban J connectivity index is 1.80. The normalized spacial score (nSPS) is 12.8. The lowest BCUT2D eigenvalue weighted by atomic mass is 10.0. The lowest BCUT2D eigenvalue weighted by molar-refractivity contribution is -0.149. The lowest BCUT2D eigenvalue weighted by Crippen LogP contribution is -2.60. The molecule has 3 aromatic carbocycles. The number of nitrogens with one attached hydrogen (secondary N) is 2. The molecule has 0 bridgehead atoms. The van der Waals surface area contributed by atoms with Crippen molar-refractivity contribution in [3.05, 3.63) is 107 Å². The van der Waals surface area contributed by atoms with Gasteiger partial charge in [0, 0.05) is 6.42 Å². The Bertz CT molecular complexity index is 1340. The fourth-order valence-electron chi connectivity index (χ4n) is 4.36. The van der Waals surface area contributed by atoms with Gasteiger partial charge in [-0.05, 0) is 53.3 Å². The molecule has 0 aliphatic heterocycles. The van der Waals surface area contributed by atoms with Crippen LogP contribution in [0.4, 0.5) is 4.79 Å². The highest BCUT2D eigenvalue weighted by Gasteiger charge is 2.34. The maximum Gasteiger partial charge on any atom is 0.408 e. The van der Waals surface area contributed by atoms with Crippen LogP contribution in [0.1, 0.15) is 43.9 Å². The second kappa shape index (κ2) is 17.4. The first kappa shape index (κ1) is 33.7. The number of hydrogen-bond acceptors (Lipinski definition) is 9. The highest BCUT2D eigenvalue weighted by atomic mass is 16.5. The number of ether oxygens (including phenoxy) is 3. The molecule has 2 amide bonds. The van der Waals surface area contributed by atoms with Crippen LogP contribution in [-0.2, 0) is 38.7 Å². The van der Waals surface area contributed by atoms with E-state index < -0.39 is 36.2 Å². The van der Waals surface area contributed by atoms with E-state index in [2.05, 4.69) is 15.9 Å². The number of alkyl carbamates (subject to hydrolysis) is 1. The van der Waals surface area contributed by atoms with Crippen molar-refractivity contribution < 1.29 is 28.6 Å². The van der Waals surface area contributed by atoms with E-state index >= 15 is 0 Å². The average molecular weight is 605 g/mol. The number of hydrogen-bond donors (Lipinski definition) is 2. The number of rotatable bonds is 16. The zero-order valence-corrected chi connectivity index (χ0v) is 25.5. The summed E-state index contributed by atoms with van der Waals surface area (Å²) in [4.78, 5) is 51.0. The van der Waals surface area contributed by atoms with Gasteiger partial charge in [-0.3, -0.25) is 9.59 Å². The van der Waals surface area contributed by atoms with Crippen molar-refractivity contribution in [2.45, 2.75) is 65.1 Å². The Morgan fingerprint density at radius 3 is 1.93 bits per heavy atom. The molecule has 0 heterocycles. The van der Waals surface area contributed by atoms with E-state index in [0.717, 1.165) is 16.1 Å². The molecule has 11 heteroatoms. The summed E-state index contributed by atoms with van der Waals surface area (Å²) in [7, 11) is 1.24. The van der Waals surface area contributed by atoms with E-state index in [1.54, 1.807) is 24.3 Å². The van der Waals surface area contributed by atoms with Gasteiger partial charge < -0.3 is 19.5 Å². The molecule has 3 aromatic rings. The van der Waals surface area contributed by atoms with Gasteiger partial charge in [0.25, 0.3) is 5.91 Å². The Kier molecular flexibility index (Phi) is 13.3. The lowest BCUT2D eigenvalue weighted by Gasteiger charge is -2.32. The minimum absolute atomic E-state index is 0.00586. The summed E-state index contributed by atoms with van der Waals surface area (Å²) in [6, 6.07) is 23.9. The van der Waals surface area contributed by atoms with Gasteiger partial charge in [0.15, 0.2) is 6.17 Å². The number of benzene rings is 3. The molecule has 0 radical (unpaired) electrons. The van der Waals surface area contributed by atoms with Crippen LogP contribution >= 0.6 is 0 Å². The molecule has 0 aliphatic rings. The van der Waals surface area contributed by atoms with Crippen LogP contribution in [0, 0.1) is 10.8 Å². The van der Waals surface area contributed by atoms with Crippen molar-refractivity contribution in [2.75, 3.05) is 7.11 Å². The first-order valence-corrected chi connectivity index (χ1v) is 14.4. The van der Waals surface area contributed by atoms with Crippen molar-refractivity contribution in [1.82, 2.24) is 15.8 Å². The quantitative estimate of drug-likeness (QED) is 0.130. The zero-order chi connectivity index (χ0) is 31.9. The third-order valence-electron chi connectivity index (χ3n) is 6.67. The molecule has 44 heavy (non-hydrogen) atoms. The van der Waals surface area contributed by atoms with Gasteiger partial charge in [0.05, 0.1) is 7.11 Å². The van der Waals surface area contributed by atoms with Gasteiger partial charge in [0.2, 0.25) is 0 Å². The van der Waals surface area contributed by atoms with E-state index in [-0.39, 0.29) is 18.9 Å². The largest absolute Gasteiger partial charge is 0.489 e. The molecule has 11 nitrogen and oxygen atoms in total. The van der Waals surface area contributed by atoms with Gasteiger partial charge in [-0.2, -0.15) is 0 Å². The maximum atomic E-state index is 13.9. The minimum atomic E-state index is -1.21. The monoisotopic (exact) mass is 604 g/mol. The van der Waals surface area contributed by atoms with Crippen LogP contribution in [0.3, 0.4) is 0 Å². The molecule has 2 N–H and O–H groups in total. The van der Waals surface area contributed by atoms with Crippen molar-refractivity contribution >= 4 is 18.0 Å². The highest BCUT2D eigenvalue weighted by Crippen LogP contribution is 2.17. The molecule has 0 saturated carbocycles. The second-order valence-electron chi connectivity index (χ2n) is 10.7. The number of hydrazine groups is 1. The molecule has 0 unspecified atom stereocenters. The van der Waals surface area contributed by atoms with Gasteiger partial charge in [0.1, 0.15) is 31.0 Å². The molecule has 3 rings (SSSR count). The molecule has 234 valence electrons. The number of methoxy groups -OCH3 is 1. The van der Waals surface area contributed by atoms with Crippen molar-refractivity contribution in [3.8, 4) is 5.75 Å². The van der Waals surface area contributed by atoms with Crippen LogP contribution in [0.5, 0.6) is 5.75 Å². The summed E-state index contributed by atoms with van der Waals surface area (Å²) in [5.74, 6) is -0.594. The van der Waals surface area contributed by atoms with E-state index in [4.69, 9.17) is 14.2 Å². The number of esters is 1. The third kappa shape index (κ3) is 10.8. The summed E-state index contributed by atoms with van der Waals surface area (Å²) in [5.41, 5.74) is 5.33. The first-order valence-electron chi connectivity index (χ1n) is 14.4. The predicted molar refractivity (Wildman–Crippen MR) is 165 cm³/mol. The number of amides is 2. The molecule has 0 aliphatic carbocycles. The highest BCUT2D eigenvalue weighted by molar-refractivity contribution is 5.86. The van der Waals surface area contributed by atoms with Crippen molar-refractivity contribution in [3.63, 3.8) is 0 Å². The van der Waals surface area contributed by atoms with Gasteiger partial charge in [-0.25, -0.2) is 15.2 Å². The maximum absolute atomic E-state index is 13.9. The second-order valence-corrected chi connectivity index (χ2v) is 10.7. The van der Waals surface area contributed by atoms with Gasteiger partial charge in [-0.15, -0.1) is 4.91 Å². The fraction of sp³-hybridized carbons (Fsp3) is 0.364.